The minimum absolute atomic E-state index is 0.190. The molecule has 1 aliphatic carbocycles. The summed E-state index contributed by atoms with van der Waals surface area (Å²) in [5.41, 5.74) is 0.441. The number of benzene rings is 1. The first-order chi connectivity index (χ1) is 14.1. The van der Waals surface area contributed by atoms with Crippen LogP contribution < -0.4 is 18.9 Å². The molecule has 8 nitrogen and oxygen atoms in total. The molecule has 0 aliphatic heterocycles. The minimum Gasteiger partial charge on any atom is -0.493 e. The molecule has 0 spiro atoms. The molecule has 166 valence electrons. The van der Waals surface area contributed by atoms with Gasteiger partial charge >= 0.3 is 0 Å². The molecule has 1 aliphatic rings. The molecule has 2 aromatic rings. The third-order valence-corrected chi connectivity index (χ3v) is 6.70. The van der Waals surface area contributed by atoms with E-state index in [0.717, 1.165) is 25.7 Å². The van der Waals surface area contributed by atoms with Crippen molar-refractivity contribution in [2.24, 2.45) is 0 Å². The maximum absolute atomic E-state index is 13.4. The smallest absolute Gasteiger partial charge is 0.265 e. The lowest BCUT2D eigenvalue weighted by Gasteiger charge is -2.19. The van der Waals surface area contributed by atoms with Crippen LogP contribution in [-0.2, 0) is 15.4 Å². The van der Waals surface area contributed by atoms with E-state index in [-0.39, 0.29) is 10.9 Å². The molecule has 9 heteroatoms. The molecule has 1 saturated carbocycles. The van der Waals surface area contributed by atoms with Gasteiger partial charge < -0.3 is 14.2 Å². The van der Waals surface area contributed by atoms with Crippen molar-refractivity contribution in [1.29, 1.82) is 0 Å². The summed E-state index contributed by atoms with van der Waals surface area (Å²) in [6, 6.07) is 3.38. The maximum Gasteiger partial charge on any atom is 0.265 e. The van der Waals surface area contributed by atoms with E-state index in [1.807, 2.05) is 25.5 Å². The highest BCUT2D eigenvalue weighted by Gasteiger charge is 2.32. The summed E-state index contributed by atoms with van der Waals surface area (Å²) >= 11 is 0. The van der Waals surface area contributed by atoms with Crippen LogP contribution in [-0.4, -0.2) is 39.5 Å². The highest BCUT2D eigenvalue weighted by molar-refractivity contribution is 7.92. The van der Waals surface area contributed by atoms with Crippen LogP contribution >= 0.6 is 0 Å². The second-order valence-corrected chi connectivity index (χ2v) is 10.2. The molecule has 30 heavy (non-hydrogen) atoms. The Bertz CT molecular complexity index is 977. The number of anilines is 1. The fourth-order valence-electron chi connectivity index (χ4n) is 3.80. The Morgan fingerprint density at radius 3 is 2.07 bits per heavy atom. The van der Waals surface area contributed by atoms with Gasteiger partial charge in [-0.05, 0) is 12.8 Å². The van der Waals surface area contributed by atoms with Crippen molar-refractivity contribution in [3.05, 3.63) is 24.0 Å². The predicted molar refractivity (Wildman–Crippen MR) is 115 cm³/mol. The van der Waals surface area contributed by atoms with Crippen molar-refractivity contribution >= 4 is 15.7 Å². The molecule has 1 heterocycles. The molecule has 0 atom stereocenters. The van der Waals surface area contributed by atoms with Crippen LogP contribution in [0.15, 0.2) is 23.2 Å². The van der Waals surface area contributed by atoms with E-state index < -0.39 is 15.4 Å². The van der Waals surface area contributed by atoms with Crippen molar-refractivity contribution in [3.63, 3.8) is 0 Å². The summed E-state index contributed by atoms with van der Waals surface area (Å²) < 4.78 is 47.2. The Balaban J connectivity index is 2.03. The third-order valence-electron chi connectivity index (χ3n) is 5.31. The summed E-state index contributed by atoms with van der Waals surface area (Å²) in [7, 11) is 0.577. The Morgan fingerprint density at radius 1 is 1.03 bits per heavy atom. The monoisotopic (exact) mass is 437 g/mol. The average Bonchev–Trinajstić information content (AvgIpc) is 3.36. The number of aromatic nitrogens is 2. The zero-order valence-corrected chi connectivity index (χ0v) is 19.3. The Hall–Kier alpha value is -2.42. The number of rotatable bonds is 7. The first-order valence-electron chi connectivity index (χ1n) is 10.0. The van der Waals surface area contributed by atoms with Gasteiger partial charge in [0, 0.05) is 23.7 Å². The molecule has 1 aromatic carbocycles. The molecule has 1 N–H and O–H groups in total. The van der Waals surface area contributed by atoms with Gasteiger partial charge in [-0.15, -0.1) is 0 Å². The number of hydrogen-bond donors (Lipinski definition) is 1. The first-order valence-corrected chi connectivity index (χ1v) is 11.5. The molecule has 0 unspecified atom stereocenters. The van der Waals surface area contributed by atoms with Gasteiger partial charge in [0.05, 0.1) is 38.8 Å². The summed E-state index contributed by atoms with van der Waals surface area (Å²) in [5, 5.41) is 4.69. The predicted octanol–water partition coefficient (Wildman–Crippen LogP) is 4.12. The molecule has 1 fully saturated rings. The van der Waals surface area contributed by atoms with Crippen LogP contribution in [0.2, 0.25) is 0 Å². The average molecular weight is 438 g/mol. The largest absolute Gasteiger partial charge is 0.493 e. The quantitative estimate of drug-likeness (QED) is 0.700. The maximum atomic E-state index is 13.4. The van der Waals surface area contributed by atoms with E-state index in [0.29, 0.717) is 28.6 Å². The van der Waals surface area contributed by atoms with Crippen LogP contribution in [0.4, 0.5) is 5.69 Å². The van der Waals surface area contributed by atoms with Crippen molar-refractivity contribution in [2.45, 2.75) is 62.8 Å². The molecular formula is C21H31N3O5S. The fourth-order valence-corrected chi connectivity index (χ4v) is 5.18. The SMILES string of the molecule is COc1cc(NS(=O)(=O)c2cn(C3CCCC3)nc2C(C)(C)C)cc(OC)c1OC. The van der Waals surface area contributed by atoms with E-state index in [1.165, 1.54) is 21.3 Å². The second-order valence-electron chi connectivity index (χ2n) is 8.53. The van der Waals surface area contributed by atoms with Gasteiger partial charge in [0.2, 0.25) is 5.75 Å². The lowest BCUT2D eigenvalue weighted by atomic mass is 9.92. The molecule has 0 saturated heterocycles. The number of ether oxygens (including phenoxy) is 3. The van der Waals surface area contributed by atoms with Crippen molar-refractivity contribution in [1.82, 2.24) is 9.78 Å². The fraction of sp³-hybridized carbons (Fsp3) is 0.571. The third kappa shape index (κ3) is 4.35. The number of sulfonamides is 1. The summed E-state index contributed by atoms with van der Waals surface area (Å²) in [6.45, 7) is 5.90. The number of nitrogens with one attached hydrogen (secondary N) is 1. The van der Waals surface area contributed by atoms with E-state index in [2.05, 4.69) is 4.72 Å². The highest BCUT2D eigenvalue weighted by Crippen LogP contribution is 2.41. The summed E-state index contributed by atoms with van der Waals surface area (Å²) in [5.74, 6) is 1.13. The Morgan fingerprint density at radius 2 is 1.60 bits per heavy atom. The summed E-state index contributed by atoms with van der Waals surface area (Å²) in [6.07, 6.45) is 5.98. The van der Waals surface area contributed by atoms with E-state index in [1.54, 1.807) is 18.3 Å². The van der Waals surface area contributed by atoms with Gasteiger partial charge in [-0.2, -0.15) is 5.10 Å². The van der Waals surface area contributed by atoms with Crippen molar-refractivity contribution < 1.29 is 22.6 Å². The molecule has 0 bridgehead atoms. The zero-order valence-electron chi connectivity index (χ0n) is 18.5. The van der Waals surface area contributed by atoms with Gasteiger partial charge in [-0.3, -0.25) is 9.40 Å². The van der Waals surface area contributed by atoms with Gasteiger partial charge in [0.1, 0.15) is 4.90 Å². The standard InChI is InChI=1S/C21H31N3O5S/c1-21(2,3)20-18(13-24(22-20)15-9-7-8-10-15)30(25,26)23-14-11-16(27-4)19(29-6)17(12-14)28-5/h11-13,15,23H,7-10H2,1-6H3. The highest BCUT2D eigenvalue weighted by atomic mass is 32.2. The van der Waals surface area contributed by atoms with Gasteiger partial charge in [-0.1, -0.05) is 33.6 Å². The van der Waals surface area contributed by atoms with E-state index in [9.17, 15) is 8.42 Å². The van der Waals surface area contributed by atoms with E-state index >= 15 is 0 Å². The topological polar surface area (TPSA) is 91.7 Å². The Kier molecular flexibility index (Phi) is 6.21. The van der Waals surface area contributed by atoms with Gasteiger partial charge in [0.15, 0.2) is 11.5 Å². The van der Waals surface area contributed by atoms with Crippen LogP contribution in [0.3, 0.4) is 0 Å². The molecule has 1 aromatic heterocycles. The molecule has 0 amide bonds. The molecular weight excluding hydrogens is 406 g/mol. The molecule has 0 radical (unpaired) electrons. The van der Waals surface area contributed by atoms with Crippen LogP contribution in [0.25, 0.3) is 0 Å². The number of hydrogen-bond acceptors (Lipinski definition) is 6. The van der Waals surface area contributed by atoms with Crippen molar-refractivity contribution in [3.8, 4) is 17.2 Å². The number of methoxy groups -OCH3 is 3. The lowest BCUT2D eigenvalue weighted by molar-refractivity contribution is 0.324. The number of nitrogens with zero attached hydrogens (tertiary/aromatic N) is 2. The first kappa shape index (κ1) is 22.3. The van der Waals surface area contributed by atoms with Crippen molar-refractivity contribution in [2.75, 3.05) is 26.1 Å². The van der Waals surface area contributed by atoms with Gasteiger partial charge in [0.25, 0.3) is 10.0 Å². The van der Waals surface area contributed by atoms with Crippen LogP contribution in [0, 0.1) is 0 Å². The Labute approximate surface area is 178 Å². The van der Waals surface area contributed by atoms with Crippen LogP contribution in [0.1, 0.15) is 58.2 Å². The second kappa shape index (κ2) is 8.37. The van der Waals surface area contributed by atoms with Gasteiger partial charge in [-0.25, -0.2) is 8.42 Å². The zero-order chi connectivity index (χ0) is 22.1. The normalized spacial score (nSPS) is 15.3. The minimum atomic E-state index is -3.89. The molecule has 3 rings (SSSR count). The van der Waals surface area contributed by atoms with E-state index in [4.69, 9.17) is 19.3 Å². The summed E-state index contributed by atoms with van der Waals surface area (Å²) in [4.78, 5) is 0.190. The lowest BCUT2D eigenvalue weighted by Crippen LogP contribution is -2.20. The van der Waals surface area contributed by atoms with Crippen LogP contribution in [0.5, 0.6) is 17.2 Å².